The third kappa shape index (κ3) is 4.02. The van der Waals surface area contributed by atoms with Crippen LogP contribution in [0.15, 0.2) is 18.2 Å². The van der Waals surface area contributed by atoms with E-state index in [0.717, 1.165) is 25.0 Å². The molecule has 1 saturated heterocycles. The molecule has 3 nitrogen and oxygen atoms in total. The molecule has 2 fully saturated rings. The second kappa shape index (κ2) is 6.02. The van der Waals surface area contributed by atoms with Gasteiger partial charge in [-0.1, -0.05) is 13.0 Å². The molecule has 0 bridgehead atoms. The van der Waals surface area contributed by atoms with E-state index in [0.29, 0.717) is 0 Å². The van der Waals surface area contributed by atoms with Crippen LogP contribution < -0.4 is 5.32 Å². The third-order valence-corrected chi connectivity index (χ3v) is 4.14. The van der Waals surface area contributed by atoms with Crippen LogP contribution in [0.1, 0.15) is 44.0 Å². The quantitative estimate of drug-likeness (QED) is 0.881. The Bertz CT molecular complexity index is 414. The summed E-state index contributed by atoms with van der Waals surface area (Å²) in [7, 11) is 0. The van der Waals surface area contributed by atoms with Gasteiger partial charge in [-0.25, -0.2) is 0 Å². The maximum absolute atomic E-state index is 4.79. The Morgan fingerprint density at radius 2 is 2.11 bits per heavy atom. The van der Waals surface area contributed by atoms with Crippen molar-refractivity contribution in [2.45, 2.75) is 51.7 Å². The van der Waals surface area contributed by atoms with Gasteiger partial charge in [0.05, 0.1) is 11.4 Å². The summed E-state index contributed by atoms with van der Waals surface area (Å²) in [6.07, 6.45) is 5.40. The molecule has 1 aliphatic carbocycles. The number of hydrogen-bond donors (Lipinski definition) is 1. The lowest BCUT2D eigenvalue weighted by molar-refractivity contribution is 0.174. The van der Waals surface area contributed by atoms with Crippen LogP contribution >= 0.6 is 0 Å². The van der Waals surface area contributed by atoms with Crippen molar-refractivity contribution in [3.8, 4) is 0 Å². The van der Waals surface area contributed by atoms with Crippen LogP contribution in [0.3, 0.4) is 0 Å². The first-order valence-electron chi connectivity index (χ1n) is 7.70. The van der Waals surface area contributed by atoms with Crippen LogP contribution in [-0.4, -0.2) is 29.0 Å². The maximum Gasteiger partial charge on any atom is 0.0547 e. The largest absolute Gasteiger partial charge is 0.308 e. The normalized spacial score (nSPS) is 24.6. The van der Waals surface area contributed by atoms with Gasteiger partial charge in [0.2, 0.25) is 0 Å². The fourth-order valence-corrected chi connectivity index (χ4v) is 2.91. The standard InChI is InChI=1S/C16H25N3/c1-13-4-3-9-19(11-13)12-16-6-2-5-15(18-16)10-17-14-7-8-14/h2,5-6,13-14,17H,3-4,7-12H2,1H3. The molecule has 3 heteroatoms. The number of pyridine rings is 1. The monoisotopic (exact) mass is 259 g/mol. The zero-order valence-electron chi connectivity index (χ0n) is 11.9. The topological polar surface area (TPSA) is 28.2 Å². The van der Waals surface area contributed by atoms with Gasteiger partial charge in [-0.15, -0.1) is 0 Å². The van der Waals surface area contributed by atoms with E-state index >= 15 is 0 Å². The summed E-state index contributed by atoms with van der Waals surface area (Å²) in [4.78, 5) is 7.34. The first kappa shape index (κ1) is 13.1. The van der Waals surface area contributed by atoms with Crippen molar-refractivity contribution in [1.29, 1.82) is 0 Å². The first-order chi connectivity index (χ1) is 9.29. The lowest BCUT2D eigenvalue weighted by atomic mass is 10.0. The summed E-state index contributed by atoms with van der Waals surface area (Å²) in [6.45, 7) is 6.76. The average Bonchev–Trinajstić information content (AvgIpc) is 3.21. The van der Waals surface area contributed by atoms with Crippen LogP contribution in [0, 0.1) is 5.92 Å². The van der Waals surface area contributed by atoms with Crippen molar-refractivity contribution >= 4 is 0 Å². The second-order valence-electron chi connectivity index (χ2n) is 6.26. The molecule has 1 aromatic heterocycles. The molecule has 104 valence electrons. The molecule has 0 aromatic carbocycles. The lowest BCUT2D eigenvalue weighted by Gasteiger charge is -2.30. The van der Waals surface area contributed by atoms with E-state index in [1.54, 1.807) is 0 Å². The highest BCUT2D eigenvalue weighted by Gasteiger charge is 2.20. The molecule has 1 N–H and O–H groups in total. The van der Waals surface area contributed by atoms with Crippen LogP contribution in [0.4, 0.5) is 0 Å². The predicted molar refractivity (Wildman–Crippen MR) is 77.8 cm³/mol. The van der Waals surface area contributed by atoms with Crippen molar-refractivity contribution < 1.29 is 0 Å². The van der Waals surface area contributed by atoms with Crippen molar-refractivity contribution in [1.82, 2.24) is 15.2 Å². The summed E-state index contributed by atoms with van der Waals surface area (Å²) >= 11 is 0. The molecule has 2 aliphatic rings. The smallest absolute Gasteiger partial charge is 0.0547 e. The average molecular weight is 259 g/mol. The van der Waals surface area contributed by atoms with E-state index in [1.807, 2.05) is 0 Å². The molecule has 1 aromatic rings. The van der Waals surface area contributed by atoms with Crippen LogP contribution in [0.5, 0.6) is 0 Å². The SMILES string of the molecule is CC1CCCN(Cc2cccc(CNC3CC3)n2)C1. The minimum atomic E-state index is 0.758. The van der Waals surface area contributed by atoms with Gasteiger partial charge in [-0.05, 0) is 50.3 Å². The van der Waals surface area contributed by atoms with Crippen LogP contribution in [0.2, 0.25) is 0 Å². The van der Waals surface area contributed by atoms with Gasteiger partial charge in [0, 0.05) is 25.7 Å². The van der Waals surface area contributed by atoms with Gasteiger partial charge in [-0.2, -0.15) is 0 Å². The Balaban J connectivity index is 1.55. The highest BCUT2D eigenvalue weighted by Crippen LogP contribution is 2.19. The maximum atomic E-state index is 4.79. The van der Waals surface area contributed by atoms with Gasteiger partial charge >= 0.3 is 0 Å². The molecular formula is C16H25N3. The van der Waals surface area contributed by atoms with Gasteiger partial charge < -0.3 is 5.32 Å². The molecule has 0 radical (unpaired) electrons. The molecule has 1 unspecified atom stereocenters. The van der Waals surface area contributed by atoms with E-state index in [9.17, 15) is 0 Å². The molecule has 19 heavy (non-hydrogen) atoms. The lowest BCUT2D eigenvalue weighted by Crippen LogP contribution is -2.34. The molecule has 1 saturated carbocycles. The summed E-state index contributed by atoms with van der Waals surface area (Å²) in [6, 6.07) is 7.21. The number of nitrogens with zero attached hydrogens (tertiary/aromatic N) is 2. The Kier molecular flexibility index (Phi) is 4.14. The van der Waals surface area contributed by atoms with E-state index in [1.165, 1.54) is 50.2 Å². The Morgan fingerprint density at radius 1 is 1.26 bits per heavy atom. The zero-order valence-corrected chi connectivity index (χ0v) is 11.9. The van der Waals surface area contributed by atoms with Crippen molar-refractivity contribution in [2.75, 3.05) is 13.1 Å². The van der Waals surface area contributed by atoms with Gasteiger partial charge in [0.25, 0.3) is 0 Å². The van der Waals surface area contributed by atoms with Gasteiger partial charge in [-0.3, -0.25) is 9.88 Å². The highest BCUT2D eigenvalue weighted by atomic mass is 15.1. The Hall–Kier alpha value is -0.930. The molecule has 2 heterocycles. The Labute approximate surface area is 116 Å². The summed E-state index contributed by atoms with van der Waals surface area (Å²) in [5.41, 5.74) is 2.42. The van der Waals surface area contributed by atoms with Crippen LogP contribution in [-0.2, 0) is 13.1 Å². The van der Waals surface area contributed by atoms with E-state index in [2.05, 4.69) is 35.3 Å². The third-order valence-electron chi connectivity index (χ3n) is 4.14. The predicted octanol–water partition coefficient (Wildman–Crippen LogP) is 2.57. The van der Waals surface area contributed by atoms with Gasteiger partial charge in [0.15, 0.2) is 0 Å². The molecule has 1 aliphatic heterocycles. The van der Waals surface area contributed by atoms with E-state index < -0.39 is 0 Å². The van der Waals surface area contributed by atoms with E-state index in [4.69, 9.17) is 4.98 Å². The number of likely N-dealkylation sites (tertiary alicyclic amines) is 1. The fraction of sp³-hybridized carbons (Fsp3) is 0.688. The highest BCUT2D eigenvalue weighted by molar-refractivity contribution is 5.11. The molecular weight excluding hydrogens is 234 g/mol. The van der Waals surface area contributed by atoms with Crippen molar-refractivity contribution in [3.05, 3.63) is 29.6 Å². The number of nitrogens with one attached hydrogen (secondary N) is 1. The van der Waals surface area contributed by atoms with E-state index in [-0.39, 0.29) is 0 Å². The fourth-order valence-electron chi connectivity index (χ4n) is 2.91. The van der Waals surface area contributed by atoms with Crippen LogP contribution in [0.25, 0.3) is 0 Å². The number of hydrogen-bond acceptors (Lipinski definition) is 3. The second-order valence-corrected chi connectivity index (χ2v) is 6.26. The van der Waals surface area contributed by atoms with Crippen molar-refractivity contribution in [2.24, 2.45) is 5.92 Å². The number of piperidine rings is 1. The summed E-state index contributed by atoms with van der Waals surface area (Å²) in [5, 5.41) is 3.53. The molecule has 3 rings (SSSR count). The zero-order chi connectivity index (χ0) is 13.1. The molecule has 1 atom stereocenters. The molecule has 0 spiro atoms. The summed E-state index contributed by atoms with van der Waals surface area (Å²) in [5.74, 6) is 0.841. The summed E-state index contributed by atoms with van der Waals surface area (Å²) < 4.78 is 0. The van der Waals surface area contributed by atoms with Gasteiger partial charge in [0.1, 0.15) is 0 Å². The first-order valence-corrected chi connectivity index (χ1v) is 7.70. The number of rotatable bonds is 5. The minimum absolute atomic E-state index is 0.758. The minimum Gasteiger partial charge on any atom is -0.308 e. The van der Waals surface area contributed by atoms with Crippen molar-refractivity contribution in [3.63, 3.8) is 0 Å². The Morgan fingerprint density at radius 3 is 2.89 bits per heavy atom. The molecule has 0 amide bonds. The number of aromatic nitrogens is 1.